The van der Waals surface area contributed by atoms with Gasteiger partial charge >= 0.3 is 18.0 Å². The number of hydrogen-bond acceptors (Lipinski definition) is 3. The van der Waals surface area contributed by atoms with Gasteiger partial charge in [0.15, 0.2) is 5.75 Å². The maximum absolute atomic E-state index is 13.7. The molecule has 0 radical (unpaired) electrons. The second kappa shape index (κ2) is 9.61. The second-order valence-electron chi connectivity index (χ2n) is 7.71. The molecule has 188 valence electrons. The Hall–Kier alpha value is -3.34. The number of benzene rings is 3. The zero-order chi connectivity index (χ0) is 26.1. The number of fused-ring (bicyclic) bond motifs is 1. The molecule has 1 heterocycles. The number of hydrogen-bond donors (Lipinski definition) is 0. The summed E-state index contributed by atoms with van der Waals surface area (Å²) in [7, 11) is 0. The van der Waals surface area contributed by atoms with Crippen molar-refractivity contribution in [2.24, 2.45) is 0 Å². The normalized spacial score (nSPS) is 13.6. The van der Waals surface area contributed by atoms with Gasteiger partial charge in [0.25, 0.3) is 5.50 Å². The zero-order valence-electron chi connectivity index (χ0n) is 17.9. The molecule has 2 nitrogen and oxygen atoms in total. The maximum Gasteiger partial charge on any atom is 0.460 e. The van der Waals surface area contributed by atoms with Gasteiger partial charge in [-0.2, -0.15) is 30.7 Å². The Morgan fingerprint density at radius 3 is 1.86 bits per heavy atom. The van der Waals surface area contributed by atoms with E-state index in [2.05, 4.69) is 9.17 Å². The van der Waals surface area contributed by atoms with Crippen molar-refractivity contribution in [1.82, 2.24) is 4.98 Å². The molecule has 0 saturated carbocycles. The highest BCUT2D eigenvalue weighted by atomic mass is 32.2. The van der Waals surface area contributed by atoms with Gasteiger partial charge in [-0.1, -0.05) is 60.7 Å². The zero-order valence-corrected chi connectivity index (χ0v) is 18.8. The summed E-state index contributed by atoms with van der Waals surface area (Å²) in [4.78, 5) is 4.02. The van der Waals surface area contributed by atoms with Crippen molar-refractivity contribution >= 4 is 22.9 Å². The number of halogens is 8. The van der Waals surface area contributed by atoms with Crippen LogP contribution in [0.4, 0.5) is 35.1 Å². The maximum atomic E-state index is 13.7. The molecule has 0 saturated heterocycles. The minimum Gasteiger partial charge on any atom is -0.421 e. The molecule has 0 aliphatic carbocycles. The Labute approximate surface area is 204 Å². The van der Waals surface area contributed by atoms with Crippen molar-refractivity contribution in [3.8, 4) is 28.0 Å². The molecule has 0 amide bonds. The van der Waals surface area contributed by atoms with Crippen LogP contribution in [0.25, 0.3) is 33.2 Å². The minimum atomic E-state index is -6.64. The SMILES string of the molecule is FC(SOc1cnc2ccc(-c3ccc(-c4ccccc4)cc3)cc2c1)C(F)(F)C(F)(F)C(F)(F)F. The van der Waals surface area contributed by atoms with Crippen LogP contribution >= 0.6 is 12.0 Å². The monoisotopic (exact) mass is 529 g/mol. The van der Waals surface area contributed by atoms with Crippen LogP contribution in [0.5, 0.6) is 5.75 Å². The molecule has 0 spiro atoms. The van der Waals surface area contributed by atoms with E-state index >= 15 is 0 Å². The Bertz CT molecular complexity index is 1340. The number of pyridine rings is 1. The number of rotatable bonds is 7. The molecule has 11 heteroatoms. The number of nitrogens with zero attached hydrogens (tertiary/aromatic N) is 1. The van der Waals surface area contributed by atoms with Gasteiger partial charge < -0.3 is 4.18 Å². The molecule has 0 aliphatic rings. The summed E-state index contributed by atoms with van der Waals surface area (Å²) in [5.41, 5.74) is 0.101. The molecular formula is C25H15F8NOS. The summed E-state index contributed by atoms with van der Waals surface area (Å²) in [6.45, 7) is 0. The third-order valence-corrected chi connectivity index (χ3v) is 6.02. The molecule has 1 atom stereocenters. The van der Waals surface area contributed by atoms with Crippen LogP contribution in [-0.2, 0) is 0 Å². The topological polar surface area (TPSA) is 22.1 Å². The first-order valence-electron chi connectivity index (χ1n) is 10.3. The predicted octanol–water partition coefficient (Wildman–Crippen LogP) is 8.72. The van der Waals surface area contributed by atoms with Crippen LogP contribution < -0.4 is 4.18 Å². The van der Waals surface area contributed by atoms with Crippen LogP contribution in [0.1, 0.15) is 0 Å². The minimum absolute atomic E-state index is 0.308. The summed E-state index contributed by atoms with van der Waals surface area (Å²) in [6.07, 6.45) is -5.63. The summed E-state index contributed by atoms with van der Waals surface area (Å²) in [5, 5.41) is 0.445. The van der Waals surface area contributed by atoms with Crippen LogP contribution in [-0.4, -0.2) is 28.5 Å². The molecular weight excluding hydrogens is 514 g/mol. The molecule has 0 bridgehead atoms. The van der Waals surface area contributed by atoms with Crippen LogP contribution in [0.3, 0.4) is 0 Å². The van der Waals surface area contributed by atoms with Gasteiger partial charge in [-0.25, -0.2) is 4.39 Å². The summed E-state index contributed by atoms with van der Waals surface area (Å²) in [5.74, 6) is -12.9. The van der Waals surface area contributed by atoms with Crippen molar-refractivity contribution in [1.29, 1.82) is 0 Å². The Morgan fingerprint density at radius 1 is 0.694 bits per heavy atom. The van der Waals surface area contributed by atoms with Gasteiger partial charge in [0.05, 0.1) is 11.7 Å². The van der Waals surface area contributed by atoms with Crippen LogP contribution in [0.2, 0.25) is 0 Å². The van der Waals surface area contributed by atoms with Crippen LogP contribution in [0, 0.1) is 0 Å². The van der Waals surface area contributed by atoms with Crippen molar-refractivity contribution < 1.29 is 39.3 Å². The fourth-order valence-corrected chi connectivity index (χ4v) is 3.87. The van der Waals surface area contributed by atoms with E-state index in [0.29, 0.717) is 10.9 Å². The lowest BCUT2D eigenvalue weighted by Gasteiger charge is -2.29. The average molecular weight is 529 g/mol. The average Bonchev–Trinajstić information content (AvgIpc) is 2.86. The standard InChI is InChI=1S/C25H15F8NOS/c26-22(23(27,28)24(29,30)25(31,32)33)36-35-20-13-19-12-18(10-11-21(19)34-14-20)17-8-6-16(7-9-17)15-4-2-1-3-5-15/h1-14,22H. The van der Waals surface area contributed by atoms with E-state index in [1.807, 2.05) is 54.6 Å². The molecule has 1 unspecified atom stereocenters. The lowest BCUT2D eigenvalue weighted by Crippen LogP contribution is -2.56. The second-order valence-corrected chi connectivity index (χ2v) is 8.49. The fourth-order valence-electron chi connectivity index (χ4n) is 3.31. The molecule has 3 aromatic carbocycles. The van der Waals surface area contributed by atoms with Crippen molar-refractivity contribution in [3.05, 3.63) is 85.1 Å². The van der Waals surface area contributed by atoms with Gasteiger partial charge in [0, 0.05) is 5.39 Å². The predicted molar refractivity (Wildman–Crippen MR) is 122 cm³/mol. The molecule has 1 aromatic heterocycles. The summed E-state index contributed by atoms with van der Waals surface area (Å²) in [6, 6.07) is 23.8. The summed E-state index contributed by atoms with van der Waals surface area (Å²) < 4.78 is 108. The van der Waals surface area contributed by atoms with E-state index in [0.717, 1.165) is 28.5 Å². The Kier molecular flexibility index (Phi) is 6.87. The quantitative estimate of drug-likeness (QED) is 0.177. The van der Waals surface area contributed by atoms with Crippen molar-refractivity contribution in [3.63, 3.8) is 0 Å². The first-order valence-corrected chi connectivity index (χ1v) is 11.1. The first-order chi connectivity index (χ1) is 16.9. The van der Waals surface area contributed by atoms with Gasteiger partial charge in [-0.15, -0.1) is 0 Å². The van der Waals surface area contributed by atoms with E-state index < -0.39 is 35.6 Å². The largest absolute Gasteiger partial charge is 0.460 e. The molecule has 4 rings (SSSR count). The number of alkyl halides is 8. The molecule has 4 aromatic rings. The number of aromatic nitrogens is 1. The van der Waals surface area contributed by atoms with Crippen molar-refractivity contribution in [2.75, 3.05) is 0 Å². The van der Waals surface area contributed by atoms with Gasteiger partial charge in [-0.05, 0) is 40.5 Å². The van der Waals surface area contributed by atoms with Gasteiger partial charge in [0.2, 0.25) is 0 Å². The van der Waals surface area contributed by atoms with Crippen molar-refractivity contribution in [2.45, 2.75) is 23.5 Å². The molecule has 0 aliphatic heterocycles. The third kappa shape index (κ3) is 4.97. The van der Waals surface area contributed by atoms with E-state index in [-0.39, 0.29) is 5.75 Å². The first kappa shape index (κ1) is 25.7. The van der Waals surface area contributed by atoms with Gasteiger partial charge in [-0.3, -0.25) is 4.98 Å². The molecule has 0 fully saturated rings. The highest BCUT2D eigenvalue weighted by Crippen LogP contribution is 2.51. The highest BCUT2D eigenvalue weighted by molar-refractivity contribution is 7.95. The Morgan fingerprint density at radius 2 is 1.25 bits per heavy atom. The summed E-state index contributed by atoms with van der Waals surface area (Å²) >= 11 is -0.849. The lowest BCUT2D eigenvalue weighted by molar-refractivity contribution is -0.359. The van der Waals surface area contributed by atoms with Crippen LogP contribution in [0.15, 0.2) is 85.1 Å². The van der Waals surface area contributed by atoms with Gasteiger partial charge in [0.1, 0.15) is 12.0 Å². The van der Waals surface area contributed by atoms with E-state index in [1.54, 1.807) is 18.2 Å². The van der Waals surface area contributed by atoms with E-state index in [9.17, 15) is 35.1 Å². The smallest absolute Gasteiger partial charge is 0.421 e. The van der Waals surface area contributed by atoms with E-state index in [1.165, 1.54) is 6.07 Å². The highest BCUT2D eigenvalue weighted by Gasteiger charge is 2.76. The molecule has 0 N–H and O–H groups in total. The molecule has 36 heavy (non-hydrogen) atoms. The third-order valence-electron chi connectivity index (χ3n) is 5.27. The lowest BCUT2D eigenvalue weighted by atomic mass is 9.99. The van der Waals surface area contributed by atoms with E-state index in [4.69, 9.17) is 0 Å². The fraction of sp³-hybridized carbons (Fsp3) is 0.160. The Balaban J connectivity index is 1.52.